The van der Waals surface area contributed by atoms with Gasteiger partial charge in [-0.05, 0) is 36.8 Å². The molecule has 2 nitrogen and oxygen atoms in total. The summed E-state index contributed by atoms with van der Waals surface area (Å²) in [5, 5.41) is 15.8. The summed E-state index contributed by atoms with van der Waals surface area (Å²) in [6, 6.07) is 12.4. The maximum Gasteiger partial charge on any atom is 0.123 e. The van der Waals surface area contributed by atoms with E-state index in [0.717, 1.165) is 16.5 Å². The van der Waals surface area contributed by atoms with Gasteiger partial charge in [-0.15, -0.1) is 0 Å². The molecule has 0 heterocycles. The van der Waals surface area contributed by atoms with E-state index in [4.69, 9.17) is 0 Å². The second-order valence-corrected chi connectivity index (χ2v) is 6.23. The van der Waals surface area contributed by atoms with Crippen LogP contribution in [-0.2, 0) is 0 Å². The number of benzene rings is 2. The molecule has 0 radical (unpaired) electrons. The molecule has 20 heavy (non-hydrogen) atoms. The predicted molar refractivity (Wildman–Crippen MR) is 85.2 cm³/mol. The second-order valence-electron chi connectivity index (χ2n) is 6.23. The molecular formula is C18H23NO. The highest BCUT2D eigenvalue weighted by atomic mass is 16.3. The first-order valence-electron chi connectivity index (χ1n) is 7.64. The minimum atomic E-state index is 0.357. The Morgan fingerprint density at radius 1 is 0.950 bits per heavy atom. The number of fused-ring (bicyclic) bond motifs is 1. The molecule has 2 unspecified atom stereocenters. The number of anilines is 1. The summed E-state index contributed by atoms with van der Waals surface area (Å²) in [7, 11) is 0. The zero-order chi connectivity index (χ0) is 14.1. The summed E-state index contributed by atoms with van der Waals surface area (Å²) in [5.41, 5.74) is 1.14. The van der Waals surface area contributed by atoms with Gasteiger partial charge in [0, 0.05) is 22.5 Å². The lowest BCUT2D eigenvalue weighted by Crippen LogP contribution is -2.37. The van der Waals surface area contributed by atoms with E-state index in [1.807, 2.05) is 18.2 Å². The van der Waals surface area contributed by atoms with Crippen LogP contribution in [0.2, 0.25) is 0 Å². The van der Waals surface area contributed by atoms with Crippen molar-refractivity contribution in [2.45, 2.75) is 39.2 Å². The number of hydrogen-bond donors (Lipinski definition) is 2. The molecule has 0 spiro atoms. The van der Waals surface area contributed by atoms with Crippen LogP contribution in [0.3, 0.4) is 0 Å². The van der Waals surface area contributed by atoms with Crippen LogP contribution in [0.25, 0.3) is 10.8 Å². The molecule has 2 aromatic carbocycles. The number of hydrogen-bond acceptors (Lipinski definition) is 2. The van der Waals surface area contributed by atoms with E-state index in [0.29, 0.717) is 23.6 Å². The van der Waals surface area contributed by atoms with Gasteiger partial charge >= 0.3 is 0 Å². The first-order chi connectivity index (χ1) is 9.66. The summed E-state index contributed by atoms with van der Waals surface area (Å²) in [6.45, 7) is 4.69. The van der Waals surface area contributed by atoms with Crippen LogP contribution in [0.15, 0.2) is 36.4 Å². The fourth-order valence-corrected chi connectivity index (χ4v) is 3.57. The van der Waals surface area contributed by atoms with Gasteiger partial charge in [-0.1, -0.05) is 44.5 Å². The molecule has 2 aromatic rings. The third-order valence-electron chi connectivity index (χ3n) is 4.77. The topological polar surface area (TPSA) is 32.3 Å². The normalized spacial score (nSPS) is 26.6. The van der Waals surface area contributed by atoms with Crippen molar-refractivity contribution in [3.8, 4) is 5.75 Å². The molecule has 1 saturated carbocycles. The lowest BCUT2D eigenvalue weighted by atomic mass is 9.78. The molecule has 1 aliphatic rings. The maximum atomic E-state index is 9.98. The van der Waals surface area contributed by atoms with Crippen molar-refractivity contribution >= 4 is 16.5 Å². The van der Waals surface area contributed by atoms with Crippen molar-refractivity contribution in [3.63, 3.8) is 0 Å². The number of rotatable bonds is 2. The Morgan fingerprint density at radius 3 is 2.35 bits per heavy atom. The summed E-state index contributed by atoms with van der Waals surface area (Å²) in [4.78, 5) is 0. The summed E-state index contributed by atoms with van der Waals surface area (Å²) in [5.74, 6) is 1.76. The van der Waals surface area contributed by atoms with E-state index in [1.165, 1.54) is 19.3 Å². The molecular weight excluding hydrogens is 246 g/mol. The Kier molecular flexibility index (Phi) is 3.56. The van der Waals surface area contributed by atoms with Crippen molar-refractivity contribution in [2.24, 2.45) is 11.8 Å². The average molecular weight is 269 g/mol. The summed E-state index contributed by atoms with van der Waals surface area (Å²) < 4.78 is 0. The third-order valence-corrected chi connectivity index (χ3v) is 4.77. The lowest BCUT2D eigenvalue weighted by Gasteiger charge is -2.36. The Hall–Kier alpha value is -1.70. The van der Waals surface area contributed by atoms with Crippen LogP contribution >= 0.6 is 0 Å². The monoisotopic (exact) mass is 269 g/mol. The lowest BCUT2D eigenvalue weighted by molar-refractivity contribution is 0.268. The van der Waals surface area contributed by atoms with E-state index in [9.17, 15) is 5.11 Å². The summed E-state index contributed by atoms with van der Waals surface area (Å²) >= 11 is 0. The first kappa shape index (κ1) is 13.3. The van der Waals surface area contributed by atoms with Crippen molar-refractivity contribution < 1.29 is 5.11 Å². The molecule has 2 N–H and O–H groups in total. The molecule has 106 valence electrons. The van der Waals surface area contributed by atoms with E-state index >= 15 is 0 Å². The van der Waals surface area contributed by atoms with Crippen molar-refractivity contribution in [1.82, 2.24) is 0 Å². The number of phenolic OH excluding ortho intramolecular Hbond substituents is 1. The van der Waals surface area contributed by atoms with Gasteiger partial charge in [0.05, 0.1) is 0 Å². The van der Waals surface area contributed by atoms with Crippen molar-refractivity contribution in [1.29, 1.82) is 0 Å². The van der Waals surface area contributed by atoms with Gasteiger partial charge in [0.15, 0.2) is 0 Å². The maximum absolute atomic E-state index is 9.98. The third kappa shape index (κ3) is 2.35. The largest absolute Gasteiger partial charge is 0.507 e. The fourth-order valence-electron chi connectivity index (χ4n) is 3.57. The van der Waals surface area contributed by atoms with Crippen LogP contribution in [-0.4, -0.2) is 11.1 Å². The minimum Gasteiger partial charge on any atom is -0.507 e. The second kappa shape index (κ2) is 5.35. The van der Waals surface area contributed by atoms with Gasteiger partial charge in [0.1, 0.15) is 5.75 Å². The first-order valence-corrected chi connectivity index (χ1v) is 7.64. The number of phenols is 1. The van der Waals surface area contributed by atoms with E-state index in [-0.39, 0.29) is 0 Å². The number of aromatic hydroxyl groups is 1. The van der Waals surface area contributed by atoms with Gasteiger partial charge < -0.3 is 10.4 Å². The molecule has 0 saturated heterocycles. The quantitative estimate of drug-likeness (QED) is 0.822. The predicted octanol–water partition coefficient (Wildman–Crippen LogP) is 4.78. The van der Waals surface area contributed by atoms with Crippen LogP contribution in [0.5, 0.6) is 5.75 Å². The van der Waals surface area contributed by atoms with Crippen LogP contribution in [0.4, 0.5) is 5.69 Å². The van der Waals surface area contributed by atoms with Gasteiger partial charge in [0.25, 0.3) is 0 Å². The standard InChI is InChI=1S/C18H23NO/c1-12-6-3-7-13(2)18(12)19-16-10-4-9-15-14(16)8-5-11-17(15)20/h4-5,8-13,18-20H,3,6-7H2,1-2H3. The zero-order valence-electron chi connectivity index (χ0n) is 12.3. The van der Waals surface area contributed by atoms with Crippen molar-refractivity contribution in [3.05, 3.63) is 36.4 Å². The molecule has 2 atom stereocenters. The van der Waals surface area contributed by atoms with Gasteiger partial charge in [-0.25, -0.2) is 0 Å². The molecule has 1 aliphatic carbocycles. The SMILES string of the molecule is CC1CCCC(C)C1Nc1cccc2c(O)cccc12. The summed E-state index contributed by atoms with van der Waals surface area (Å²) in [6.07, 6.45) is 3.95. The Morgan fingerprint density at radius 2 is 1.60 bits per heavy atom. The smallest absolute Gasteiger partial charge is 0.123 e. The van der Waals surface area contributed by atoms with Gasteiger partial charge in [-0.2, -0.15) is 0 Å². The molecule has 2 heteroatoms. The van der Waals surface area contributed by atoms with Crippen LogP contribution in [0, 0.1) is 11.8 Å². The molecule has 3 rings (SSSR count). The van der Waals surface area contributed by atoms with E-state index in [1.54, 1.807) is 6.07 Å². The zero-order valence-corrected chi connectivity index (χ0v) is 12.3. The van der Waals surface area contributed by atoms with E-state index in [2.05, 4.69) is 31.3 Å². The Labute approximate surface area is 120 Å². The fraction of sp³-hybridized carbons (Fsp3) is 0.444. The minimum absolute atomic E-state index is 0.357. The van der Waals surface area contributed by atoms with Gasteiger partial charge in [-0.3, -0.25) is 0 Å². The van der Waals surface area contributed by atoms with Gasteiger partial charge in [0.2, 0.25) is 0 Å². The highest BCUT2D eigenvalue weighted by Gasteiger charge is 2.27. The molecule has 0 aromatic heterocycles. The highest BCUT2D eigenvalue weighted by molar-refractivity contribution is 5.97. The van der Waals surface area contributed by atoms with Crippen LogP contribution in [0.1, 0.15) is 33.1 Å². The Bertz CT molecular complexity index is 597. The average Bonchev–Trinajstić information content (AvgIpc) is 2.44. The van der Waals surface area contributed by atoms with Crippen LogP contribution < -0.4 is 5.32 Å². The molecule has 0 amide bonds. The highest BCUT2D eigenvalue weighted by Crippen LogP contribution is 2.35. The Balaban J connectivity index is 1.96. The molecule has 0 bridgehead atoms. The van der Waals surface area contributed by atoms with E-state index < -0.39 is 0 Å². The molecule has 0 aliphatic heterocycles. The number of nitrogens with one attached hydrogen (secondary N) is 1. The van der Waals surface area contributed by atoms with Crippen molar-refractivity contribution in [2.75, 3.05) is 5.32 Å². The molecule has 1 fully saturated rings.